The van der Waals surface area contributed by atoms with Crippen molar-refractivity contribution in [1.82, 2.24) is 10.3 Å². The largest absolute Gasteiger partial charge is 0.548 e. The number of hydrogen-bond acceptors (Lipinski definition) is 3. The molecule has 24 heavy (non-hydrogen) atoms. The van der Waals surface area contributed by atoms with Crippen molar-refractivity contribution < 1.29 is 9.90 Å². The third-order valence-corrected chi connectivity index (χ3v) is 3.94. The summed E-state index contributed by atoms with van der Waals surface area (Å²) >= 11 is 5.20. The molecule has 3 rings (SSSR count). The van der Waals surface area contributed by atoms with Crippen LogP contribution in [0.4, 0.5) is 5.69 Å². The third-order valence-electron chi connectivity index (χ3n) is 3.72. The van der Waals surface area contributed by atoms with E-state index in [-0.39, 0.29) is 11.5 Å². The van der Waals surface area contributed by atoms with E-state index in [2.05, 4.69) is 15.6 Å². The fourth-order valence-electron chi connectivity index (χ4n) is 2.56. The maximum Gasteiger partial charge on any atom is 0.171 e. The van der Waals surface area contributed by atoms with Gasteiger partial charge in [-0.15, -0.1) is 0 Å². The molecule has 0 saturated carbocycles. The van der Waals surface area contributed by atoms with Crippen molar-refractivity contribution in [2.75, 3.05) is 5.32 Å². The molecule has 3 N–H and O–H groups in total. The Hall–Kier alpha value is -2.86. The molecule has 0 saturated heterocycles. The molecule has 1 aromatic heterocycles. The third kappa shape index (κ3) is 3.72. The molecule has 2 aromatic carbocycles. The number of nitrogens with one attached hydrogen (secondary N) is 3. The molecule has 1 heterocycles. The normalized spacial score (nSPS) is 11.8. The summed E-state index contributed by atoms with van der Waals surface area (Å²) < 4.78 is 0. The maximum atomic E-state index is 11.5. The quantitative estimate of drug-likeness (QED) is 0.618. The Balaban J connectivity index is 1.71. The average molecular weight is 338 g/mol. The Morgan fingerprint density at radius 2 is 1.83 bits per heavy atom. The van der Waals surface area contributed by atoms with E-state index in [0.717, 1.165) is 22.2 Å². The Bertz CT molecular complexity index is 861. The number of anilines is 1. The Labute approximate surface area is 144 Å². The summed E-state index contributed by atoms with van der Waals surface area (Å²) in [6.45, 7) is 0. The first-order chi connectivity index (χ1) is 11.6. The highest BCUT2D eigenvalue weighted by Gasteiger charge is 2.15. The number of carboxylic acid groups (broad SMARTS) is 1. The molecule has 5 nitrogen and oxygen atoms in total. The Morgan fingerprint density at radius 3 is 2.58 bits per heavy atom. The van der Waals surface area contributed by atoms with Gasteiger partial charge in [0.1, 0.15) is 0 Å². The highest BCUT2D eigenvalue weighted by molar-refractivity contribution is 7.80. The first kappa shape index (κ1) is 16.0. The van der Waals surface area contributed by atoms with Gasteiger partial charge in [-0.05, 0) is 36.0 Å². The lowest BCUT2D eigenvalue weighted by atomic mass is 10.1. The van der Waals surface area contributed by atoms with Crippen LogP contribution in [0.25, 0.3) is 10.9 Å². The van der Waals surface area contributed by atoms with Crippen LogP contribution in [0.2, 0.25) is 0 Å². The van der Waals surface area contributed by atoms with Crippen molar-refractivity contribution in [3.8, 4) is 0 Å². The van der Waals surface area contributed by atoms with Crippen molar-refractivity contribution in [2.24, 2.45) is 0 Å². The van der Waals surface area contributed by atoms with Crippen molar-refractivity contribution in [2.45, 2.75) is 12.5 Å². The molecule has 0 unspecified atom stereocenters. The number of hydrogen-bond donors (Lipinski definition) is 3. The molecular weight excluding hydrogens is 322 g/mol. The smallest absolute Gasteiger partial charge is 0.171 e. The van der Waals surface area contributed by atoms with Gasteiger partial charge in [0, 0.05) is 29.2 Å². The number of rotatable bonds is 5. The van der Waals surface area contributed by atoms with E-state index in [1.807, 2.05) is 60.8 Å². The number of aromatic amines is 1. The lowest BCUT2D eigenvalue weighted by molar-refractivity contribution is -0.308. The molecular formula is C18H16N3O2S-. The van der Waals surface area contributed by atoms with Crippen LogP contribution in [0.5, 0.6) is 0 Å². The molecule has 0 bridgehead atoms. The predicted octanol–water partition coefficient (Wildman–Crippen LogP) is 1.82. The van der Waals surface area contributed by atoms with Crippen LogP contribution in [0, 0.1) is 0 Å². The van der Waals surface area contributed by atoms with Gasteiger partial charge in [-0.2, -0.15) is 0 Å². The molecule has 0 aliphatic heterocycles. The van der Waals surface area contributed by atoms with Gasteiger partial charge in [-0.1, -0.05) is 36.4 Å². The van der Waals surface area contributed by atoms with Crippen molar-refractivity contribution in [1.29, 1.82) is 0 Å². The van der Waals surface area contributed by atoms with E-state index in [9.17, 15) is 9.90 Å². The summed E-state index contributed by atoms with van der Waals surface area (Å²) in [5, 5.41) is 18.5. The van der Waals surface area contributed by atoms with E-state index in [1.165, 1.54) is 0 Å². The number of benzene rings is 2. The monoisotopic (exact) mass is 338 g/mol. The molecule has 0 radical (unpaired) electrons. The molecule has 0 aliphatic rings. The van der Waals surface area contributed by atoms with Crippen LogP contribution in [-0.4, -0.2) is 22.1 Å². The molecule has 0 spiro atoms. The summed E-state index contributed by atoms with van der Waals surface area (Å²) in [5.74, 6) is -1.20. The zero-order valence-corrected chi connectivity index (χ0v) is 13.6. The minimum Gasteiger partial charge on any atom is -0.548 e. The van der Waals surface area contributed by atoms with Crippen LogP contribution in [0.3, 0.4) is 0 Å². The Kier molecular flexibility index (Phi) is 4.77. The fourth-order valence-corrected chi connectivity index (χ4v) is 2.82. The summed E-state index contributed by atoms with van der Waals surface area (Å²) in [5.41, 5.74) is 2.66. The second-order valence-electron chi connectivity index (χ2n) is 5.40. The van der Waals surface area contributed by atoms with E-state index in [0.29, 0.717) is 0 Å². The first-order valence-electron chi connectivity index (χ1n) is 7.52. The van der Waals surface area contributed by atoms with E-state index in [4.69, 9.17) is 12.2 Å². The number of para-hydroxylation sites is 2. The van der Waals surface area contributed by atoms with Gasteiger partial charge in [-0.3, -0.25) is 0 Å². The summed E-state index contributed by atoms with van der Waals surface area (Å²) in [4.78, 5) is 14.6. The number of thiocarbonyl (C=S) groups is 1. The van der Waals surface area contributed by atoms with Gasteiger partial charge in [0.15, 0.2) is 5.11 Å². The average Bonchev–Trinajstić information content (AvgIpc) is 2.98. The topological polar surface area (TPSA) is 80.0 Å². The zero-order chi connectivity index (χ0) is 16.9. The summed E-state index contributed by atoms with van der Waals surface area (Å²) in [7, 11) is 0. The number of H-pyrrole nitrogens is 1. The number of carbonyl (C=O) groups is 1. The van der Waals surface area contributed by atoms with Gasteiger partial charge >= 0.3 is 0 Å². The molecule has 3 aromatic rings. The fraction of sp³-hybridized carbons (Fsp3) is 0.111. The highest BCUT2D eigenvalue weighted by atomic mass is 32.1. The van der Waals surface area contributed by atoms with E-state index < -0.39 is 12.0 Å². The first-order valence-corrected chi connectivity index (χ1v) is 7.93. The second-order valence-corrected chi connectivity index (χ2v) is 5.81. The number of fused-ring (bicyclic) bond motifs is 1. The SMILES string of the molecule is O=C([O-])[C@@H](Cc1c[nH]c2ccccc12)NC(=S)Nc1ccccc1. The molecule has 0 amide bonds. The number of carboxylic acids is 1. The van der Waals surface area contributed by atoms with Crippen molar-refractivity contribution in [3.63, 3.8) is 0 Å². The van der Waals surface area contributed by atoms with Crippen LogP contribution >= 0.6 is 12.2 Å². The van der Waals surface area contributed by atoms with E-state index in [1.54, 1.807) is 0 Å². The summed E-state index contributed by atoms with van der Waals surface area (Å²) in [6.07, 6.45) is 2.08. The molecule has 6 heteroatoms. The van der Waals surface area contributed by atoms with Crippen LogP contribution < -0.4 is 15.7 Å². The highest BCUT2D eigenvalue weighted by Crippen LogP contribution is 2.19. The number of aliphatic carboxylic acids is 1. The Morgan fingerprint density at radius 1 is 1.12 bits per heavy atom. The standard InChI is InChI=1S/C18H17N3O2S/c22-17(23)16(21-18(24)20-13-6-2-1-3-7-13)10-12-11-19-15-9-5-4-8-14(12)15/h1-9,11,16,19H,10H2,(H,22,23)(H2,20,21,24)/p-1/t16-/m1/s1. The summed E-state index contributed by atoms with van der Waals surface area (Å²) in [6, 6.07) is 16.1. The minimum absolute atomic E-state index is 0.246. The second kappa shape index (κ2) is 7.14. The molecule has 0 fully saturated rings. The minimum atomic E-state index is -1.20. The predicted molar refractivity (Wildman–Crippen MR) is 96.6 cm³/mol. The van der Waals surface area contributed by atoms with Gasteiger partial charge in [0.05, 0.1) is 12.0 Å². The van der Waals surface area contributed by atoms with Crippen LogP contribution in [0.1, 0.15) is 5.56 Å². The molecule has 122 valence electrons. The van der Waals surface area contributed by atoms with Crippen molar-refractivity contribution in [3.05, 3.63) is 66.4 Å². The van der Waals surface area contributed by atoms with Crippen LogP contribution in [-0.2, 0) is 11.2 Å². The lowest BCUT2D eigenvalue weighted by Crippen LogP contribution is -2.50. The number of carbonyl (C=O) groups excluding carboxylic acids is 1. The zero-order valence-electron chi connectivity index (χ0n) is 12.8. The molecule has 0 aliphatic carbocycles. The van der Waals surface area contributed by atoms with E-state index >= 15 is 0 Å². The van der Waals surface area contributed by atoms with Gasteiger partial charge in [0.2, 0.25) is 0 Å². The lowest BCUT2D eigenvalue weighted by Gasteiger charge is -2.21. The van der Waals surface area contributed by atoms with Crippen molar-refractivity contribution >= 4 is 39.9 Å². The van der Waals surface area contributed by atoms with Crippen LogP contribution in [0.15, 0.2) is 60.8 Å². The number of aromatic nitrogens is 1. The van der Waals surface area contributed by atoms with Gasteiger partial charge in [0.25, 0.3) is 0 Å². The molecule has 1 atom stereocenters. The van der Waals surface area contributed by atoms with Gasteiger partial charge in [-0.25, -0.2) is 0 Å². The van der Waals surface area contributed by atoms with Gasteiger partial charge < -0.3 is 25.5 Å². The maximum absolute atomic E-state index is 11.5.